The number of allylic oxidation sites excluding steroid dienone is 1. The number of aromatic amines is 1. The predicted octanol–water partition coefficient (Wildman–Crippen LogP) is 4.07. The van der Waals surface area contributed by atoms with Crippen LogP contribution in [0, 0.1) is 0 Å². The summed E-state index contributed by atoms with van der Waals surface area (Å²) in [6.45, 7) is 1.59. The van der Waals surface area contributed by atoms with Crippen LogP contribution in [0.3, 0.4) is 0 Å². The summed E-state index contributed by atoms with van der Waals surface area (Å²) in [6.07, 6.45) is 9.49. The highest BCUT2D eigenvalue weighted by Gasteiger charge is 2.17. The lowest BCUT2D eigenvalue weighted by atomic mass is 9.93. The van der Waals surface area contributed by atoms with Gasteiger partial charge in [-0.25, -0.2) is 4.79 Å². The fourth-order valence-electron chi connectivity index (χ4n) is 4.66. The number of aromatic nitrogens is 4. The summed E-state index contributed by atoms with van der Waals surface area (Å²) in [5, 5.41) is 3.59. The zero-order valence-corrected chi connectivity index (χ0v) is 20.6. The van der Waals surface area contributed by atoms with Gasteiger partial charge in [0.15, 0.2) is 11.5 Å². The molecule has 1 aliphatic heterocycles. The Morgan fingerprint density at radius 1 is 1.08 bits per heavy atom. The third kappa shape index (κ3) is 5.22. The molecule has 3 heterocycles. The molecule has 9 nitrogen and oxygen atoms in total. The summed E-state index contributed by atoms with van der Waals surface area (Å²) in [5.74, 6) is 1.67. The van der Waals surface area contributed by atoms with Gasteiger partial charge in [-0.1, -0.05) is 36.8 Å². The van der Waals surface area contributed by atoms with E-state index in [2.05, 4.69) is 50.6 Å². The number of imidazole rings is 1. The van der Waals surface area contributed by atoms with Crippen LogP contribution in [-0.2, 0) is 19.5 Å². The molecule has 4 bridgehead atoms. The summed E-state index contributed by atoms with van der Waals surface area (Å²) >= 11 is 0. The van der Waals surface area contributed by atoms with Gasteiger partial charge in [0, 0.05) is 12.6 Å². The first-order valence-electron chi connectivity index (χ1n) is 12.8. The van der Waals surface area contributed by atoms with E-state index in [-0.39, 0.29) is 17.5 Å². The molecule has 1 aliphatic carbocycles. The third-order valence-electron chi connectivity index (χ3n) is 6.89. The van der Waals surface area contributed by atoms with Crippen molar-refractivity contribution < 1.29 is 9.47 Å². The molecule has 4 N–H and O–H groups in total. The second-order valence-corrected chi connectivity index (χ2v) is 9.66. The van der Waals surface area contributed by atoms with Gasteiger partial charge in [0.2, 0.25) is 0 Å². The number of rotatable bonds is 5. The summed E-state index contributed by atoms with van der Waals surface area (Å²) in [6, 6.07) is 15.1. The van der Waals surface area contributed by atoms with Crippen molar-refractivity contribution in [1.29, 1.82) is 0 Å². The van der Waals surface area contributed by atoms with Crippen molar-refractivity contribution in [3.63, 3.8) is 0 Å². The van der Waals surface area contributed by atoms with Crippen LogP contribution >= 0.6 is 0 Å². The summed E-state index contributed by atoms with van der Waals surface area (Å²) in [4.78, 5) is 24.2. The van der Waals surface area contributed by atoms with Crippen molar-refractivity contribution >= 4 is 17.0 Å². The molecule has 4 aromatic rings. The van der Waals surface area contributed by atoms with E-state index in [1.165, 1.54) is 24.8 Å². The second-order valence-electron chi connectivity index (χ2n) is 9.66. The Hall–Kier alpha value is -4.11. The molecule has 37 heavy (non-hydrogen) atoms. The summed E-state index contributed by atoms with van der Waals surface area (Å²) in [5.41, 5.74) is 9.85. The molecule has 0 unspecified atom stereocenters. The summed E-state index contributed by atoms with van der Waals surface area (Å²) < 4.78 is 13.5. The number of ether oxygens (including phenoxy) is 2. The maximum absolute atomic E-state index is 12.8. The SMILES string of the molecule is Nc1nc2nc3c1[nH]c(=O)n3Cc1cc(cc(Oc3ccc(CNC4CCC4)cc3)c1)C/C=C\CCO2. The number of hydrogen-bond acceptors (Lipinski definition) is 7. The van der Waals surface area contributed by atoms with Crippen LogP contribution in [0.1, 0.15) is 42.4 Å². The van der Waals surface area contributed by atoms with Gasteiger partial charge in [0.1, 0.15) is 17.0 Å². The number of hydrogen-bond donors (Lipinski definition) is 3. The molecule has 0 spiro atoms. The Balaban J connectivity index is 1.29. The molecule has 0 saturated heterocycles. The first-order chi connectivity index (χ1) is 18.1. The van der Waals surface area contributed by atoms with Gasteiger partial charge in [-0.2, -0.15) is 9.97 Å². The standard InChI is InChI=1S/C28H30N6O3/c29-25-24-26-33-27(32-25)36-12-3-1-2-5-19-13-20(17-34(26)28(35)31-24)15-23(14-19)37-22-10-8-18(9-11-22)16-30-21-6-4-7-21/h1-2,8-11,13-15,21,30H,3-7,12,16-17H2,(H,31,35)(H2,29,32,33)/b2-1-. The lowest BCUT2D eigenvalue weighted by Crippen LogP contribution is -2.34. The van der Waals surface area contributed by atoms with E-state index < -0.39 is 0 Å². The number of benzene rings is 2. The largest absolute Gasteiger partial charge is 0.463 e. The van der Waals surface area contributed by atoms with Gasteiger partial charge in [0.05, 0.1) is 13.2 Å². The van der Waals surface area contributed by atoms with Crippen molar-refractivity contribution in [3.8, 4) is 17.5 Å². The van der Waals surface area contributed by atoms with Crippen molar-refractivity contribution in [2.75, 3.05) is 12.3 Å². The summed E-state index contributed by atoms with van der Waals surface area (Å²) in [7, 11) is 0. The molecule has 2 aliphatic rings. The quantitative estimate of drug-likeness (QED) is 0.355. The monoisotopic (exact) mass is 498 g/mol. The van der Waals surface area contributed by atoms with Gasteiger partial charge in [-0.05, 0) is 66.6 Å². The molecule has 9 heteroatoms. The highest BCUT2D eigenvalue weighted by Crippen LogP contribution is 2.27. The fraction of sp³-hybridized carbons (Fsp3) is 0.321. The number of nitrogens with one attached hydrogen (secondary N) is 2. The van der Waals surface area contributed by atoms with Crippen LogP contribution in [0.25, 0.3) is 11.2 Å². The normalized spacial score (nSPS) is 16.6. The Morgan fingerprint density at radius 2 is 1.92 bits per heavy atom. The molecule has 0 atom stereocenters. The van der Waals surface area contributed by atoms with Crippen molar-refractivity contribution in [1.82, 2.24) is 24.8 Å². The molecule has 190 valence electrons. The number of nitrogen functional groups attached to an aromatic ring is 1. The lowest BCUT2D eigenvalue weighted by molar-refractivity contribution is 0.300. The van der Waals surface area contributed by atoms with E-state index in [1.54, 1.807) is 4.57 Å². The fourth-order valence-corrected chi connectivity index (χ4v) is 4.66. The average Bonchev–Trinajstić information content (AvgIpc) is 3.16. The molecule has 1 saturated carbocycles. The molecule has 0 radical (unpaired) electrons. The van der Waals surface area contributed by atoms with Gasteiger partial charge < -0.3 is 25.5 Å². The smallest absolute Gasteiger partial charge is 0.328 e. The Bertz CT molecular complexity index is 1500. The maximum atomic E-state index is 12.8. The minimum atomic E-state index is -0.306. The van der Waals surface area contributed by atoms with Crippen LogP contribution in [-0.4, -0.2) is 32.2 Å². The molecule has 2 aromatic carbocycles. The lowest BCUT2D eigenvalue weighted by Gasteiger charge is -2.26. The van der Waals surface area contributed by atoms with E-state index >= 15 is 0 Å². The molecular weight excluding hydrogens is 468 g/mol. The Labute approximate surface area is 214 Å². The van der Waals surface area contributed by atoms with Crippen LogP contribution in [0.2, 0.25) is 0 Å². The van der Waals surface area contributed by atoms with Gasteiger partial charge in [-0.15, -0.1) is 0 Å². The number of nitrogens with two attached hydrogens (primary N) is 1. The molecule has 1 fully saturated rings. The molecule has 2 aromatic heterocycles. The average molecular weight is 499 g/mol. The Morgan fingerprint density at radius 3 is 2.73 bits per heavy atom. The minimum absolute atomic E-state index is 0.160. The van der Waals surface area contributed by atoms with Gasteiger partial charge >= 0.3 is 11.7 Å². The van der Waals surface area contributed by atoms with Crippen molar-refractivity contribution in [3.05, 3.63) is 81.8 Å². The second kappa shape index (κ2) is 10.1. The number of H-pyrrole nitrogens is 1. The zero-order chi connectivity index (χ0) is 25.2. The van der Waals surface area contributed by atoms with Crippen LogP contribution in [0.5, 0.6) is 17.5 Å². The van der Waals surface area contributed by atoms with E-state index in [1.807, 2.05) is 24.3 Å². The highest BCUT2D eigenvalue weighted by atomic mass is 16.5. The minimum Gasteiger partial charge on any atom is -0.463 e. The van der Waals surface area contributed by atoms with E-state index in [9.17, 15) is 4.79 Å². The van der Waals surface area contributed by atoms with Crippen LogP contribution in [0.15, 0.2) is 59.4 Å². The predicted molar refractivity (Wildman–Crippen MR) is 142 cm³/mol. The molecule has 6 rings (SSSR count). The van der Waals surface area contributed by atoms with E-state index in [0.717, 1.165) is 35.6 Å². The zero-order valence-electron chi connectivity index (χ0n) is 20.6. The van der Waals surface area contributed by atoms with E-state index in [0.29, 0.717) is 36.8 Å². The molecular formula is C28H30N6O3. The number of anilines is 1. The van der Waals surface area contributed by atoms with E-state index in [4.69, 9.17) is 15.2 Å². The van der Waals surface area contributed by atoms with Gasteiger partial charge in [0.25, 0.3) is 0 Å². The first-order valence-corrected chi connectivity index (χ1v) is 12.8. The van der Waals surface area contributed by atoms with Crippen LogP contribution in [0.4, 0.5) is 5.82 Å². The third-order valence-corrected chi connectivity index (χ3v) is 6.89. The number of fused-ring (bicyclic) bond motifs is 3. The maximum Gasteiger partial charge on any atom is 0.328 e. The Kier molecular flexibility index (Phi) is 6.36. The van der Waals surface area contributed by atoms with Crippen molar-refractivity contribution in [2.24, 2.45) is 0 Å². The van der Waals surface area contributed by atoms with Crippen LogP contribution < -0.4 is 26.2 Å². The van der Waals surface area contributed by atoms with Crippen molar-refractivity contribution in [2.45, 2.75) is 51.2 Å². The highest BCUT2D eigenvalue weighted by molar-refractivity contribution is 5.82. The van der Waals surface area contributed by atoms with Gasteiger partial charge in [-0.3, -0.25) is 4.57 Å². The molecule has 0 amide bonds. The topological polar surface area (TPSA) is 120 Å². The number of nitrogens with zero attached hydrogens (tertiary/aromatic N) is 3. The first kappa shape index (κ1) is 23.3.